The molecule has 0 aromatic heterocycles. The first-order chi connectivity index (χ1) is 8.14. The van der Waals surface area contributed by atoms with E-state index in [0.717, 1.165) is 11.8 Å². The van der Waals surface area contributed by atoms with Gasteiger partial charge >= 0.3 is 0 Å². The molecule has 1 aromatic rings. The van der Waals surface area contributed by atoms with E-state index in [0.29, 0.717) is 5.69 Å². The third-order valence-electron chi connectivity index (χ3n) is 2.88. The quantitative estimate of drug-likeness (QED) is 0.788. The number of anilines is 1. The Hall–Kier alpha value is -1.56. The zero-order valence-electron chi connectivity index (χ0n) is 10.7. The number of hydrogen-bond donors (Lipinski definition) is 2. The first kappa shape index (κ1) is 14.5. The fourth-order valence-electron chi connectivity index (χ4n) is 1.27. The van der Waals surface area contributed by atoms with Gasteiger partial charge in [0.25, 0.3) is 0 Å². The lowest BCUT2D eigenvalue weighted by molar-refractivity contribution is -0.123. The maximum atomic E-state index is 11.8. The zero-order valence-corrected chi connectivity index (χ0v) is 11.5. The van der Waals surface area contributed by atoms with E-state index in [1.165, 1.54) is 13.8 Å². The summed E-state index contributed by atoms with van der Waals surface area (Å²) in [6.45, 7) is 3.02. The first-order valence-electron chi connectivity index (χ1n) is 5.47. The summed E-state index contributed by atoms with van der Waals surface area (Å²) in [5.74, 6) is -0.521. The standard InChI is InChI=1S/C12H18N2O3S/c1-12(2,18(3,16)17)11(15)14-8-9-5-4-6-10(13)7-9/h4-7H,8,13H2,1-3H3,(H,14,15). The minimum Gasteiger partial charge on any atom is -0.399 e. The number of hydrogen-bond acceptors (Lipinski definition) is 4. The van der Waals surface area contributed by atoms with Gasteiger partial charge in [0.1, 0.15) is 4.75 Å². The molecule has 0 radical (unpaired) electrons. The van der Waals surface area contributed by atoms with Crippen LogP contribution in [-0.2, 0) is 21.2 Å². The number of carbonyl (C=O) groups is 1. The Morgan fingerprint density at radius 3 is 2.50 bits per heavy atom. The van der Waals surface area contributed by atoms with Crippen molar-refractivity contribution in [3.05, 3.63) is 29.8 Å². The van der Waals surface area contributed by atoms with Crippen LogP contribution < -0.4 is 11.1 Å². The predicted molar refractivity (Wildman–Crippen MR) is 71.6 cm³/mol. The molecule has 0 aliphatic carbocycles. The van der Waals surface area contributed by atoms with Gasteiger partial charge in [-0.05, 0) is 31.5 Å². The van der Waals surface area contributed by atoms with Gasteiger partial charge in [-0.1, -0.05) is 12.1 Å². The van der Waals surface area contributed by atoms with E-state index in [1.54, 1.807) is 18.2 Å². The Morgan fingerprint density at radius 2 is 2.00 bits per heavy atom. The van der Waals surface area contributed by atoms with Gasteiger partial charge in [-0.3, -0.25) is 4.79 Å². The van der Waals surface area contributed by atoms with Gasteiger partial charge < -0.3 is 11.1 Å². The number of amides is 1. The zero-order chi connectivity index (χ0) is 14.0. The molecular weight excluding hydrogens is 252 g/mol. The number of nitrogen functional groups attached to an aromatic ring is 1. The summed E-state index contributed by atoms with van der Waals surface area (Å²) >= 11 is 0. The number of rotatable bonds is 4. The summed E-state index contributed by atoms with van der Waals surface area (Å²) in [4.78, 5) is 11.8. The third kappa shape index (κ3) is 3.22. The largest absolute Gasteiger partial charge is 0.399 e. The van der Waals surface area contributed by atoms with Gasteiger partial charge in [-0.2, -0.15) is 0 Å². The molecule has 0 saturated carbocycles. The SMILES string of the molecule is CC(C)(C(=O)NCc1cccc(N)c1)S(C)(=O)=O. The summed E-state index contributed by atoms with van der Waals surface area (Å²) in [6, 6.07) is 7.06. The molecule has 5 nitrogen and oxygen atoms in total. The predicted octanol–water partition coefficient (Wildman–Crippen LogP) is 0.708. The van der Waals surface area contributed by atoms with Gasteiger partial charge in [0.05, 0.1) is 0 Å². The van der Waals surface area contributed by atoms with Gasteiger partial charge in [0, 0.05) is 18.5 Å². The summed E-state index contributed by atoms with van der Waals surface area (Å²) in [6.07, 6.45) is 1.05. The lowest BCUT2D eigenvalue weighted by atomic mass is 10.1. The molecule has 0 atom stereocenters. The van der Waals surface area contributed by atoms with Crippen LogP contribution in [0, 0.1) is 0 Å². The summed E-state index contributed by atoms with van der Waals surface area (Å²) in [7, 11) is -3.45. The van der Waals surface area contributed by atoms with Crippen molar-refractivity contribution in [2.45, 2.75) is 25.1 Å². The third-order valence-corrected chi connectivity index (χ3v) is 4.92. The number of carbonyl (C=O) groups excluding carboxylic acids is 1. The average molecular weight is 270 g/mol. The summed E-state index contributed by atoms with van der Waals surface area (Å²) < 4.78 is 21.5. The van der Waals surface area contributed by atoms with Crippen LogP contribution in [0.25, 0.3) is 0 Å². The van der Waals surface area contributed by atoms with Crippen molar-refractivity contribution in [3.63, 3.8) is 0 Å². The maximum absolute atomic E-state index is 11.8. The van der Waals surface area contributed by atoms with Crippen LogP contribution in [0.15, 0.2) is 24.3 Å². The first-order valence-corrected chi connectivity index (χ1v) is 7.36. The molecule has 0 aliphatic rings. The van der Waals surface area contributed by atoms with Gasteiger partial charge in [-0.15, -0.1) is 0 Å². The highest BCUT2D eigenvalue weighted by Gasteiger charge is 2.38. The van der Waals surface area contributed by atoms with Crippen LogP contribution in [0.3, 0.4) is 0 Å². The maximum Gasteiger partial charge on any atom is 0.241 e. The van der Waals surface area contributed by atoms with Crippen molar-refractivity contribution in [1.29, 1.82) is 0 Å². The van der Waals surface area contributed by atoms with E-state index < -0.39 is 20.5 Å². The van der Waals surface area contributed by atoms with E-state index in [2.05, 4.69) is 5.32 Å². The van der Waals surface area contributed by atoms with E-state index >= 15 is 0 Å². The van der Waals surface area contributed by atoms with Crippen molar-refractivity contribution in [3.8, 4) is 0 Å². The number of benzene rings is 1. The van der Waals surface area contributed by atoms with E-state index in [9.17, 15) is 13.2 Å². The van der Waals surface area contributed by atoms with Crippen molar-refractivity contribution in [2.75, 3.05) is 12.0 Å². The number of sulfone groups is 1. The molecule has 0 spiro atoms. The fourth-order valence-corrected chi connectivity index (χ4v) is 1.68. The molecule has 1 aromatic carbocycles. The minimum atomic E-state index is -3.45. The Bertz CT molecular complexity index is 550. The van der Waals surface area contributed by atoms with E-state index in [4.69, 9.17) is 5.73 Å². The Kier molecular flexibility index (Phi) is 4.01. The second kappa shape index (κ2) is 4.97. The highest BCUT2D eigenvalue weighted by Crippen LogP contribution is 2.15. The Morgan fingerprint density at radius 1 is 1.39 bits per heavy atom. The number of nitrogens with one attached hydrogen (secondary N) is 1. The van der Waals surface area contributed by atoms with Crippen molar-refractivity contribution in [1.82, 2.24) is 5.32 Å². The Labute approximate surface area is 107 Å². The summed E-state index contributed by atoms with van der Waals surface area (Å²) in [5.41, 5.74) is 7.04. The smallest absolute Gasteiger partial charge is 0.241 e. The van der Waals surface area contributed by atoms with Gasteiger partial charge in [-0.25, -0.2) is 8.42 Å². The lowest BCUT2D eigenvalue weighted by Crippen LogP contribution is -2.47. The molecule has 100 valence electrons. The Balaban J connectivity index is 2.73. The van der Waals surface area contributed by atoms with Crippen LogP contribution in [0.2, 0.25) is 0 Å². The molecule has 0 bridgehead atoms. The van der Waals surface area contributed by atoms with Crippen molar-refractivity contribution < 1.29 is 13.2 Å². The van der Waals surface area contributed by atoms with Gasteiger partial charge in [0.15, 0.2) is 9.84 Å². The average Bonchev–Trinajstić information content (AvgIpc) is 2.24. The van der Waals surface area contributed by atoms with Crippen LogP contribution in [0.4, 0.5) is 5.69 Å². The highest BCUT2D eigenvalue weighted by atomic mass is 32.2. The van der Waals surface area contributed by atoms with Crippen LogP contribution in [-0.4, -0.2) is 25.3 Å². The topological polar surface area (TPSA) is 89.3 Å². The molecule has 0 heterocycles. The highest BCUT2D eigenvalue weighted by molar-refractivity contribution is 7.92. The van der Waals surface area contributed by atoms with Crippen LogP contribution in [0.5, 0.6) is 0 Å². The summed E-state index contributed by atoms with van der Waals surface area (Å²) in [5, 5.41) is 2.60. The van der Waals surface area contributed by atoms with Crippen LogP contribution in [0.1, 0.15) is 19.4 Å². The van der Waals surface area contributed by atoms with E-state index in [-0.39, 0.29) is 6.54 Å². The monoisotopic (exact) mass is 270 g/mol. The molecule has 0 saturated heterocycles. The second-order valence-electron chi connectivity index (χ2n) is 4.71. The molecule has 0 unspecified atom stereocenters. The second-order valence-corrected chi connectivity index (χ2v) is 7.28. The molecule has 0 fully saturated rings. The van der Waals surface area contributed by atoms with Crippen molar-refractivity contribution in [2.24, 2.45) is 0 Å². The molecule has 3 N–H and O–H groups in total. The minimum absolute atomic E-state index is 0.253. The molecule has 0 aliphatic heterocycles. The molecular formula is C12H18N2O3S. The molecule has 6 heteroatoms. The van der Waals surface area contributed by atoms with Crippen molar-refractivity contribution >= 4 is 21.4 Å². The lowest BCUT2D eigenvalue weighted by Gasteiger charge is -2.21. The molecule has 18 heavy (non-hydrogen) atoms. The van der Waals surface area contributed by atoms with E-state index in [1.807, 2.05) is 6.07 Å². The van der Waals surface area contributed by atoms with Crippen LogP contribution >= 0.6 is 0 Å². The number of nitrogens with two attached hydrogens (primary N) is 1. The normalized spacial score (nSPS) is 12.2. The fraction of sp³-hybridized carbons (Fsp3) is 0.417. The molecule has 1 rings (SSSR count). The molecule has 1 amide bonds. The van der Waals surface area contributed by atoms with Gasteiger partial charge in [0.2, 0.25) is 5.91 Å².